The van der Waals surface area contributed by atoms with Crippen LogP contribution >= 0.6 is 0 Å². The van der Waals surface area contributed by atoms with Gasteiger partial charge < -0.3 is 10.4 Å². The molecular weight excluding hydrogens is 208 g/mol. The SMILES string of the molecule is N=C(NCCCCCC(=O)O)S(=O)O. The van der Waals surface area contributed by atoms with Gasteiger partial charge in [-0.2, -0.15) is 0 Å². The van der Waals surface area contributed by atoms with Gasteiger partial charge in [0.05, 0.1) is 0 Å². The van der Waals surface area contributed by atoms with E-state index in [0.29, 0.717) is 19.4 Å². The van der Waals surface area contributed by atoms with Crippen molar-refractivity contribution in [3.05, 3.63) is 0 Å². The number of nitrogens with one attached hydrogen (secondary N) is 2. The Balaban J connectivity index is 3.26. The molecule has 0 rings (SSSR count). The predicted molar refractivity (Wildman–Crippen MR) is 52.6 cm³/mol. The smallest absolute Gasteiger partial charge is 0.303 e. The van der Waals surface area contributed by atoms with Crippen molar-refractivity contribution in [2.75, 3.05) is 6.54 Å². The van der Waals surface area contributed by atoms with Crippen LogP contribution in [-0.4, -0.2) is 31.5 Å². The van der Waals surface area contributed by atoms with E-state index in [1.165, 1.54) is 0 Å². The molecule has 4 N–H and O–H groups in total. The molecule has 6 nitrogen and oxygen atoms in total. The van der Waals surface area contributed by atoms with Crippen molar-refractivity contribution >= 4 is 22.2 Å². The predicted octanol–water partition coefficient (Wildman–Crippen LogP) is 0.377. The number of unbranched alkanes of at least 4 members (excludes halogenated alkanes) is 2. The summed E-state index contributed by atoms with van der Waals surface area (Å²) >= 11 is -2.25. The normalized spacial score (nSPS) is 12.1. The van der Waals surface area contributed by atoms with E-state index in [4.69, 9.17) is 15.1 Å². The van der Waals surface area contributed by atoms with Crippen molar-refractivity contribution in [2.24, 2.45) is 0 Å². The van der Waals surface area contributed by atoms with E-state index in [1.807, 2.05) is 0 Å². The zero-order valence-electron chi connectivity index (χ0n) is 7.65. The third kappa shape index (κ3) is 7.69. The van der Waals surface area contributed by atoms with Gasteiger partial charge >= 0.3 is 5.97 Å². The van der Waals surface area contributed by atoms with E-state index in [1.54, 1.807) is 0 Å². The van der Waals surface area contributed by atoms with Gasteiger partial charge in [-0.15, -0.1) is 0 Å². The number of rotatable bonds is 6. The van der Waals surface area contributed by atoms with Crippen LogP contribution < -0.4 is 5.32 Å². The first-order valence-corrected chi connectivity index (χ1v) is 5.29. The van der Waals surface area contributed by atoms with Crippen LogP contribution in [0, 0.1) is 5.41 Å². The second-order valence-corrected chi connectivity index (χ2v) is 3.62. The lowest BCUT2D eigenvalue weighted by atomic mass is 10.2. The van der Waals surface area contributed by atoms with Gasteiger partial charge in [-0.3, -0.25) is 14.8 Å². The van der Waals surface area contributed by atoms with Crippen molar-refractivity contribution < 1.29 is 18.7 Å². The Kier molecular flexibility index (Phi) is 6.95. The van der Waals surface area contributed by atoms with Crippen LogP contribution in [0.5, 0.6) is 0 Å². The number of amidine groups is 1. The molecule has 1 unspecified atom stereocenters. The number of hydrogen-bond acceptors (Lipinski definition) is 3. The molecule has 0 radical (unpaired) electrons. The summed E-state index contributed by atoms with van der Waals surface area (Å²) in [4.78, 5) is 10.1. The Labute approximate surface area is 84.5 Å². The summed E-state index contributed by atoms with van der Waals surface area (Å²) in [6, 6.07) is 0. The van der Waals surface area contributed by atoms with Gasteiger partial charge in [0.2, 0.25) is 16.2 Å². The molecule has 0 aromatic rings. The van der Waals surface area contributed by atoms with E-state index in [2.05, 4.69) is 5.32 Å². The molecule has 0 saturated carbocycles. The molecule has 0 aliphatic carbocycles. The fraction of sp³-hybridized carbons (Fsp3) is 0.714. The molecule has 82 valence electrons. The fourth-order valence-corrected chi connectivity index (χ4v) is 1.07. The highest BCUT2D eigenvalue weighted by Gasteiger charge is 2.01. The Morgan fingerprint density at radius 3 is 2.50 bits per heavy atom. The summed E-state index contributed by atoms with van der Waals surface area (Å²) in [5.74, 6) is -0.817. The van der Waals surface area contributed by atoms with Gasteiger partial charge in [0, 0.05) is 13.0 Å². The second kappa shape index (κ2) is 7.45. The van der Waals surface area contributed by atoms with Crippen LogP contribution in [0.1, 0.15) is 25.7 Å². The van der Waals surface area contributed by atoms with Crippen LogP contribution in [0.25, 0.3) is 0 Å². The first-order chi connectivity index (χ1) is 6.54. The number of carbonyl (C=O) groups is 1. The third-order valence-corrected chi connectivity index (χ3v) is 2.02. The molecular formula is C7H14N2O4S. The molecule has 7 heteroatoms. The van der Waals surface area contributed by atoms with E-state index in [0.717, 1.165) is 6.42 Å². The van der Waals surface area contributed by atoms with Crippen LogP contribution in [0.3, 0.4) is 0 Å². The van der Waals surface area contributed by atoms with Crippen molar-refractivity contribution in [3.8, 4) is 0 Å². The lowest BCUT2D eigenvalue weighted by molar-refractivity contribution is -0.137. The van der Waals surface area contributed by atoms with Gasteiger partial charge in [0.1, 0.15) is 0 Å². The Morgan fingerprint density at radius 2 is 2.00 bits per heavy atom. The largest absolute Gasteiger partial charge is 0.481 e. The summed E-state index contributed by atoms with van der Waals surface area (Å²) in [6.07, 6.45) is 2.15. The summed E-state index contributed by atoms with van der Waals surface area (Å²) in [7, 11) is 0. The Hall–Kier alpha value is -0.950. The molecule has 0 aromatic heterocycles. The van der Waals surface area contributed by atoms with Crippen LogP contribution in [0.15, 0.2) is 0 Å². The first kappa shape index (κ1) is 13.1. The molecule has 0 bridgehead atoms. The third-order valence-electron chi connectivity index (χ3n) is 1.53. The maximum atomic E-state index is 10.3. The number of hydrogen-bond donors (Lipinski definition) is 4. The summed E-state index contributed by atoms with van der Waals surface area (Å²) in [5, 5.41) is 17.3. The summed E-state index contributed by atoms with van der Waals surface area (Å²) in [6.45, 7) is 0.421. The quantitative estimate of drug-likeness (QED) is 0.225. The number of carboxylic acid groups (broad SMARTS) is 1. The number of aliphatic carboxylic acids is 1. The average Bonchev–Trinajstić information content (AvgIpc) is 2.09. The van der Waals surface area contributed by atoms with Crippen LogP contribution in [0.2, 0.25) is 0 Å². The molecule has 14 heavy (non-hydrogen) atoms. The van der Waals surface area contributed by atoms with Gasteiger partial charge in [-0.05, 0) is 12.8 Å². The first-order valence-electron chi connectivity index (χ1n) is 4.19. The minimum Gasteiger partial charge on any atom is -0.481 e. The van der Waals surface area contributed by atoms with Crippen LogP contribution in [-0.2, 0) is 15.9 Å². The fourth-order valence-electron chi connectivity index (χ4n) is 0.842. The van der Waals surface area contributed by atoms with E-state index >= 15 is 0 Å². The van der Waals surface area contributed by atoms with E-state index in [-0.39, 0.29) is 6.42 Å². The Bertz CT molecular complexity index is 232. The molecule has 1 atom stereocenters. The lowest BCUT2D eigenvalue weighted by Crippen LogP contribution is -2.27. The van der Waals surface area contributed by atoms with Gasteiger partial charge in [-0.25, -0.2) is 4.21 Å². The number of carboxylic acids is 1. The van der Waals surface area contributed by atoms with Gasteiger partial charge in [-0.1, -0.05) is 6.42 Å². The minimum atomic E-state index is -2.25. The molecule has 0 amide bonds. The summed E-state index contributed by atoms with van der Waals surface area (Å²) in [5.41, 5.74) is 0. The zero-order chi connectivity index (χ0) is 11.0. The standard InChI is InChI=1S/C7H14N2O4S/c8-7(14(12)13)9-5-3-1-2-4-6(10)11/h1-5H2,(H2,8,9)(H,10,11)(H,12,13). The molecule has 0 aliphatic rings. The second-order valence-electron chi connectivity index (χ2n) is 2.71. The maximum Gasteiger partial charge on any atom is 0.303 e. The highest BCUT2D eigenvalue weighted by atomic mass is 32.2. The van der Waals surface area contributed by atoms with E-state index in [9.17, 15) is 9.00 Å². The maximum absolute atomic E-state index is 10.3. The molecule has 0 fully saturated rings. The highest BCUT2D eigenvalue weighted by Crippen LogP contribution is 1.98. The highest BCUT2D eigenvalue weighted by molar-refractivity contribution is 7.95. The van der Waals surface area contributed by atoms with Crippen molar-refractivity contribution in [3.63, 3.8) is 0 Å². The topological polar surface area (TPSA) is 110 Å². The molecule has 0 aromatic carbocycles. The lowest BCUT2D eigenvalue weighted by Gasteiger charge is -2.03. The van der Waals surface area contributed by atoms with Gasteiger partial charge in [0.25, 0.3) is 0 Å². The van der Waals surface area contributed by atoms with Crippen molar-refractivity contribution in [1.82, 2.24) is 5.32 Å². The Morgan fingerprint density at radius 1 is 1.36 bits per heavy atom. The average molecular weight is 222 g/mol. The van der Waals surface area contributed by atoms with Crippen LogP contribution in [0.4, 0.5) is 0 Å². The van der Waals surface area contributed by atoms with E-state index < -0.39 is 22.2 Å². The zero-order valence-corrected chi connectivity index (χ0v) is 8.47. The molecule has 0 saturated heterocycles. The molecule has 0 aliphatic heterocycles. The molecule has 0 heterocycles. The summed E-state index contributed by atoms with van der Waals surface area (Å²) < 4.78 is 18.7. The van der Waals surface area contributed by atoms with Crippen molar-refractivity contribution in [2.45, 2.75) is 25.7 Å². The van der Waals surface area contributed by atoms with Crippen molar-refractivity contribution in [1.29, 1.82) is 5.41 Å². The monoisotopic (exact) mass is 222 g/mol. The minimum absolute atomic E-state index is 0.142. The molecule has 0 spiro atoms. The van der Waals surface area contributed by atoms with Gasteiger partial charge in [0.15, 0.2) is 0 Å².